The quantitative estimate of drug-likeness (QED) is 0.609. The van der Waals surface area contributed by atoms with Crippen molar-refractivity contribution in [1.29, 1.82) is 0 Å². The van der Waals surface area contributed by atoms with Crippen LogP contribution in [0.1, 0.15) is 39.3 Å². The van der Waals surface area contributed by atoms with Crippen LogP contribution in [0.3, 0.4) is 0 Å². The van der Waals surface area contributed by atoms with Crippen molar-refractivity contribution in [3.05, 3.63) is 41.1 Å². The molecule has 1 heterocycles. The van der Waals surface area contributed by atoms with Crippen LogP contribution < -0.4 is 15.4 Å². The number of benzene rings is 1. The summed E-state index contributed by atoms with van der Waals surface area (Å²) in [6.07, 6.45) is 0. The minimum absolute atomic E-state index is 0.328. The molecule has 0 amide bonds. The Hall–Kier alpha value is -2.08. The van der Waals surface area contributed by atoms with Crippen LogP contribution in [-0.4, -0.2) is 24.3 Å². The van der Waals surface area contributed by atoms with Gasteiger partial charge in [-0.1, -0.05) is 26.0 Å². The predicted octanol–water partition coefficient (Wildman–Crippen LogP) is 3.08. The summed E-state index contributed by atoms with van der Waals surface area (Å²) in [4.78, 5) is 12.3. The number of esters is 1. The van der Waals surface area contributed by atoms with E-state index in [1.807, 2.05) is 31.2 Å². The highest BCUT2D eigenvalue weighted by Gasteiger charge is 2.30. The number of nitrogens with one attached hydrogen (secondary N) is 2. The van der Waals surface area contributed by atoms with Crippen LogP contribution in [-0.2, 0) is 9.53 Å². The van der Waals surface area contributed by atoms with Gasteiger partial charge in [-0.25, -0.2) is 4.79 Å². The predicted molar refractivity (Wildman–Crippen MR) is 97.7 cm³/mol. The molecule has 0 radical (unpaired) electrons. The summed E-state index contributed by atoms with van der Waals surface area (Å²) in [5, 5.41) is 6.62. The molecule has 5 nitrogen and oxygen atoms in total. The van der Waals surface area contributed by atoms with Gasteiger partial charge < -0.3 is 20.1 Å². The summed E-state index contributed by atoms with van der Waals surface area (Å²) in [5.41, 5.74) is 2.18. The van der Waals surface area contributed by atoms with E-state index >= 15 is 0 Å². The van der Waals surface area contributed by atoms with Crippen molar-refractivity contribution in [2.45, 2.75) is 33.7 Å². The molecule has 1 unspecified atom stereocenters. The van der Waals surface area contributed by atoms with Gasteiger partial charge in [0.05, 0.1) is 24.8 Å². The number of hydrogen-bond donors (Lipinski definition) is 2. The Morgan fingerprint density at radius 2 is 1.96 bits per heavy atom. The van der Waals surface area contributed by atoms with Crippen LogP contribution >= 0.6 is 12.2 Å². The Labute approximate surface area is 148 Å². The van der Waals surface area contributed by atoms with Gasteiger partial charge in [0.25, 0.3) is 0 Å². The maximum Gasteiger partial charge on any atom is 0.338 e. The van der Waals surface area contributed by atoms with Crippen LogP contribution in [0.25, 0.3) is 0 Å². The Morgan fingerprint density at radius 1 is 1.29 bits per heavy atom. The van der Waals surface area contributed by atoms with Crippen LogP contribution in [0, 0.1) is 5.92 Å². The first-order valence-corrected chi connectivity index (χ1v) is 8.51. The fraction of sp³-hybridized carbons (Fsp3) is 0.444. The molecular formula is C18H24N2O3S. The van der Waals surface area contributed by atoms with E-state index in [-0.39, 0.29) is 12.0 Å². The van der Waals surface area contributed by atoms with E-state index in [0.717, 1.165) is 11.3 Å². The maximum absolute atomic E-state index is 12.3. The minimum atomic E-state index is -0.345. The van der Waals surface area contributed by atoms with Gasteiger partial charge in [-0.15, -0.1) is 0 Å². The molecule has 1 atom stereocenters. The van der Waals surface area contributed by atoms with E-state index in [4.69, 9.17) is 21.7 Å². The third-order valence-electron chi connectivity index (χ3n) is 3.56. The number of carbonyl (C=O) groups excluding carboxylic acids is 1. The highest BCUT2D eigenvalue weighted by Crippen LogP contribution is 2.29. The zero-order valence-corrected chi connectivity index (χ0v) is 15.3. The van der Waals surface area contributed by atoms with Gasteiger partial charge >= 0.3 is 5.97 Å². The van der Waals surface area contributed by atoms with Crippen molar-refractivity contribution in [2.24, 2.45) is 5.92 Å². The molecule has 2 N–H and O–H groups in total. The lowest BCUT2D eigenvalue weighted by Crippen LogP contribution is -2.45. The molecule has 130 valence electrons. The fourth-order valence-electron chi connectivity index (χ4n) is 2.44. The molecule has 2 rings (SSSR count). The van der Waals surface area contributed by atoms with Gasteiger partial charge in [-0.05, 0) is 49.7 Å². The van der Waals surface area contributed by atoms with E-state index in [1.165, 1.54) is 0 Å². The van der Waals surface area contributed by atoms with Gasteiger partial charge in [0.15, 0.2) is 5.11 Å². The number of hydrogen-bond acceptors (Lipinski definition) is 4. The van der Waals surface area contributed by atoms with Crippen molar-refractivity contribution < 1.29 is 14.3 Å². The van der Waals surface area contributed by atoms with Crippen molar-refractivity contribution in [3.8, 4) is 5.75 Å². The second-order valence-electron chi connectivity index (χ2n) is 6.06. The van der Waals surface area contributed by atoms with Gasteiger partial charge in [-0.3, -0.25) is 0 Å². The van der Waals surface area contributed by atoms with Crippen LogP contribution in [0.2, 0.25) is 0 Å². The second kappa shape index (κ2) is 8.15. The number of allylic oxidation sites excluding steroid dienone is 1. The van der Waals surface area contributed by atoms with Crippen molar-refractivity contribution >= 4 is 23.3 Å². The third kappa shape index (κ3) is 4.47. The average molecular weight is 348 g/mol. The molecule has 0 aliphatic carbocycles. The monoisotopic (exact) mass is 348 g/mol. The Kier molecular flexibility index (Phi) is 6.20. The van der Waals surface area contributed by atoms with E-state index in [0.29, 0.717) is 35.5 Å². The molecule has 0 bridgehead atoms. The number of carbonyl (C=O) groups is 1. The third-order valence-corrected chi connectivity index (χ3v) is 3.78. The summed E-state index contributed by atoms with van der Waals surface area (Å²) < 4.78 is 10.9. The molecule has 0 saturated heterocycles. The average Bonchev–Trinajstić information content (AvgIpc) is 2.52. The van der Waals surface area contributed by atoms with Gasteiger partial charge in [0, 0.05) is 5.70 Å². The summed E-state index contributed by atoms with van der Waals surface area (Å²) in [6.45, 7) is 8.82. The van der Waals surface area contributed by atoms with E-state index in [1.54, 1.807) is 6.92 Å². The highest BCUT2D eigenvalue weighted by atomic mass is 32.1. The first kappa shape index (κ1) is 18.3. The molecule has 1 aliphatic heterocycles. The smallest absolute Gasteiger partial charge is 0.338 e. The Bertz CT molecular complexity index is 638. The number of thiocarbonyl (C=S) groups is 1. The van der Waals surface area contributed by atoms with Crippen molar-refractivity contribution in [3.63, 3.8) is 0 Å². The first-order chi connectivity index (χ1) is 11.4. The van der Waals surface area contributed by atoms with E-state index in [2.05, 4.69) is 24.5 Å². The molecule has 6 heteroatoms. The molecule has 0 fully saturated rings. The van der Waals surface area contributed by atoms with Crippen molar-refractivity contribution in [1.82, 2.24) is 10.6 Å². The minimum Gasteiger partial charge on any atom is -0.493 e. The molecule has 0 aromatic heterocycles. The SMILES string of the molecule is CCOC(=O)C1=C(C)NC(=S)NC1c1ccc(OCC(C)C)cc1. The molecule has 1 aromatic carbocycles. The molecule has 1 aliphatic rings. The largest absolute Gasteiger partial charge is 0.493 e. The topological polar surface area (TPSA) is 59.6 Å². The maximum atomic E-state index is 12.3. The summed E-state index contributed by atoms with van der Waals surface area (Å²) in [5.74, 6) is 0.930. The normalized spacial score (nSPS) is 17.4. The summed E-state index contributed by atoms with van der Waals surface area (Å²) >= 11 is 5.23. The summed E-state index contributed by atoms with van der Waals surface area (Å²) in [6, 6.07) is 7.35. The molecular weight excluding hydrogens is 324 g/mol. The molecule has 0 spiro atoms. The van der Waals surface area contributed by atoms with Crippen LogP contribution in [0.4, 0.5) is 0 Å². The highest BCUT2D eigenvalue weighted by molar-refractivity contribution is 7.80. The lowest BCUT2D eigenvalue weighted by molar-refractivity contribution is -0.139. The second-order valence-corrected chi connectivity index (χ2v) is 6.47. The number of ether oxygens (including phenoxy) is 2. The zero-order valence-electron chi connectivity index (χ0n) is 14.5. The van der Waals surface area contributed by atoms with Crippen molar-refractivity contribution in [2.75, 3.05) is 13.2 Å². The van der Waals surface area contributed by atoms with E-state index < -0.39 is 0 Å². The lowest BCUT2D eigenvalue weighted by atomic mass is 9.95. The van der Waals surface area contributed by atoms with Gasteiger partial charge in [0.2, 0.25) is 0 Å². The zero-order chi connectivity index (χ0) is 17.7. The van der Waals surface area contributed by atoms with Gasteiger partial charge in [0.1, 0.15) is 5.75 Å². The number of rotatable bonds is 6. The lowest BCUT2D eigenvalue weighted by Gasteiger charge is -2.29. The Morgan fingerprint density at radius 3 is 2.54 bits per heavy atom. The first-order valence-electron chi connectivity index (χ1n) is 8.10. The van der Waals surface area contributed by atoms with Gasteiger partial charge in [-0.2, -0.15) is 0 Å². The molecule has 24 heavy (non-hydrogen) atoms. The van der Waals surface area contributed by atoms with Crippen LogP contribution in [0.5, 0.6) is 5.75 Å². The summed E-state index contributed by atoms with van der Waals surface area (Å²) in [7, 11) is 0. The Balaban J connectivity index is 2.25. The fourth-order valence-corrected chi connectivity index (χ4v) is 2.71. The molecule has 1 aromatic rings. The molecule has 0 saturated carbocycles. The standard InChI is InChI=1S/C18H24N2O3S/c1-5-22-17(21)15-12(4)19-18(24)20-16(15)13-6-8-14(9-7-13)23-10-11(2)3/h6-9,11,16H,5,10H2,1-4H3,(H2,19,20,24). The van der Waals surface area contributed by atoms with Crippen LogP contribution in [0.15, 0.2) is 35.5 Å². The van der Waals surface area contributed by atoms with E-state index in [9.17, 15) is 4.79 Å².